The van der Waals surface area contributed by atoms with E-state index >= 15 is 0 Å². The first-order valence-electron chi connectivity index (χ1n) is 9.35. The van der Waals surface area contributed by atoms with Gasteiger partial charge in [-0.15, -0.1) is 6.58 Å². The van der Waals surface area contributed by atoms with Crippen LogP contribution >= 0.6 is 0 Å². The maximum absolute atomic E-state index is 5.39. The zero-order valence-corrected chi connectivity index (χ0v) is 15.9. The highest BCUT2D eigenvalue weighted by atomic mass is 16.5. The fourth-order valence-electron chi connectivity index (χ4n) is 3.14. The highest BCUT2D eigenvalue weighted by Crippen LogP contribution is 2.22. The third-order valence-electron chi connectivity index (χ3n) is 4.60. The minimum absolute atomic E-state index is 0.698. The Labute approximate surface area is 161 Å². The first-order valence-corrected chi connectivity index (χ1v) is 9.35. The molecule has 27 heavy (non-hydrogen) atoms. The quantitative estimate of drug-likeness (QED) is 0.463. The molecule has 0 radical (unpaired) electrons. The summed E-state index contributed by atoms with van der Waals surface area (Å²) in [6, 6.07) is 12.1. The second-order valence-electron chi connectivity index (χ2n) is 6.38. The van der Waals surface area contributed by atoms with E-state index in [-0.39, 0.29) is 0 Å². The molecule has 1 saturated heterocycles. The van der Waals surface area contributed by atoms with Crippen molar-refractivity contribution < 1.29 is 9.15 Å². The number of piperazine rings is 1. The van der Waals surface area contributed by atoms with E-state index < -0.39 is 0 Å². The van der Waals surface area contributed by atoms with Gasteiger partial charge in [-0.1, -0.05) is 12.1 Å². The topological polar surface area (TPSA) is 53.2 Å². The molecule has 3 rings (SSSR count). The zero-order valence-electron chi connectivity index (χ0n) is 15.9. The van der Waals surface area contributed by atoms with E-state index in [4.69, 9.17) is 14.1 Å². The van der Waals surface area contributed by atoms with Crippen molar-refractivity contribution in [2.24, 2.45) is 4.99 Å². The number of nitrogens with zero attached hydrogens (tertiary/aromatic N) is 3. The lowest BCUT2D eigenvalue weighted by Gasteiger charge is -2.37. The van der Waals surface area contributed by atoms with E-state index in [9.17, 15) is 0 Å². The molecule has 0 unspecified atom stereocenters. The monoisotopic (exact) mass is 368 g/mol. The molecule has 1 aliphatic rings. The molecule has 1 aromatic carbocycles. The van der Waals surface area contributed by atoms with Gasteiger partial charge in [0.2, 0.25) is 0 Å². The molecule has 0 aliphatic carbocycles. The van der Waals surface area contributed by atoms with E-state index in [1.54, 1.807) is 13.4 Å². The number of nitrogens with one attached hydrogen (secondary N) is 1. The van der Waals surface area contributed by atoms with E-state index in [0.717, 1.165) is 50.1 Å². The van der Waals surface area contributed by atoms with Crippen LogP contribution < -0.4 is 15.0 Å². The zero-order chi connectivity index (χ0) is 18.9. The standard InChI is InChI=1S/C21H28N4O2/c1-3-10-22-21(23-11-9-19-8-5-16-27-19)25-14-12-24(13-15-25)18-6-4-7-20(17-18)26-2/h3-8,16-17H,1,9-15H2,2H3,(H,22,23). The molecule has 1 aliphatic heterocycles. The third kappa shape index (κ3) is 5.29. The molecule has 2 heterocycles. The fourth-order valence-corrected chi connectivity index (χ4v) is 3.14. The fraction of sp³-hybridized carbons (Fsp3) is 0.381. The molecule has 1 aromatic heterocycles. The number of hydrogen-bond acceptors (Lipinski definition) is 4. The summed E-state index contributed by atoms with van der Waals surface area (Å²) >= 11 is 0. The first kappa shape index (κ1) is 18.9. The second-order valence-corrected chi connectivity index (χ2v) is 6.38. The van der Waals surface area contributed by atoms with Gasteiger partial charge in [-0.2, -0.15) is 0 Å². The number of furan rings is 1. The number of hydrogen-bond donors (Lipinski definition) is 1. The third-order valence-corrected chi connectivity index (χ3v) is 4.60. The molecule has 144 valence electrons. The van der Waals surface area contributed by atoms with Crippen LogP contribution in [0.1, 0.15) is 5.76 Å². The number of aliphatic imine (C=N–C) groups is 1. The number of benzene rings is 1. The first-order chi connectivity index (χ1) is 13.3. The van der Waals surface area contributed by atoms with E-state index in [2.05, 4.69) is 33.8 Å². The summed E-state index contributed by atoms with van der Waals surface area (Å²) in [5.74, 6) is 2.79. The summed E-state index contributed by atoms with van der Waals surface area (Å²) in [5, 5.41) is 3.38. The van der Waals surface area contributed by atoms with Crippen molar-refractivity contribution in [1.82, 2.24) is 10.2 Å². The van der Waals surface area contributed by atoms with Gasteiger partial charge in [-0.05, 0) is 24.3 Å². The van der Waals surface area contributed by atoms with Crippen LogP contribution in [0.25, 0.3) is 0 Å². The van der Waals surface area contributed by atoms with Gasteiger partial charge in [0.1, 0.15) is 11.5 Å². The van der Waals surface area contributed by atoms with Crippen LogP contribution in [0.4, 0.5) is 5.69 Å². The van der Waals surface area contributed by atoms with Crippen molar-refractivity contribution in [3.63, 3.8) is 0 Å². The molecule has 0 amide bonds. The molecule has 0 spiro atoms. The lowest BCUT2D eigenvalue weighted by Crippen LogP contribution is -2.52. The summed E-state index contributed by atoms with van der Waals surface area (Å²) in [7, 11) is 1.70. The van der Waals surface area contributed by atoms with Crippen molar-refractivity contribution in [3.8, 4) is 5.75 Å². The predicted molar refractivity (Wildman–Crippen MR) is 110 cm³/mol. The van der Waals surface area contributed by atoms with Crippen LogP contribution in [0.2, 0.25) is 0 Å². The minimum Gasteiger partial charge on any atom is -0.497 e. The SMILES string of the molecule is C=CCNC(=NCCc1ccco1)N1CCN(c2cccc(OC)c2)CC1. The normalized spacial score (nSPS) is 14.9. The summed E-state index contributed by atoms with van der Waals surface area (Å²) in [6.45, 7) is 8.92. The molecule has 0 atom stereocenters. The second kappa shape index (κ2) is 9.71. The molecular formula is C21H28N4O2. The number of methoxy groups -OCH3 is 1. The Bertz CT molecular complexity index is 734. The van der Waals surface area contributed by atoms with Gasteiger partial charge in [0.25, 0.3) is 0 Å². The van der Waals surface area contributed by atoms with Crippen molar-refractivity contribution in [2.75, 3.05) is 51.3 Å². The van der Waals surface area contributed by atoms with Crippen molar-refractivity contribution in [1.29, 1.82) is 0 Å². The Hall–Kier alpha value is -2.89. The van der Waals surface area contributed by atoms with Gasteiger partial charge < -0.3 is 24.3 Å². The van der Waals surface area contributed by atoms with Crippen molar-refractivity contribution in [3.05, 3.63) is 61.1 Å². The Morgan fingerprint density at radius 1 is 1.26 bits per heavy atom. The van der Waals surface area contributed by atoms with E-state index in [0.29, 0.717) is 13.1 Å². The number of rotatable bonds is 7. The highest BCUT2D eigenvalue weighted by molar-refractivity contribution is 5.80. The lowest BCUT2D eigenvalue weighted by atomic mass is 10.2. The number of ether oxygens (including phenoxy) is 1. The molecule has 0 bridgehead atoms. The lowest BCUT2D eigenvalue weighted by molar-refractivity contribution is 0.372. The van der Waals surface area contributed by atoms with Crippen molar-refractivity contribution >= 4 is 11.6 Å². The van der Waals surface area contributed by atoms with Crippen LogP contribution in [0, 0.1) is 0 Å². The van der Waals surface area contributed by atoms with Gasteiger partial charge in [0.05, 0.1) is 13.4 Å². The van der Waals surface area contributed by atoms with Crippen LogP contribution in [-0.2, 0) is 6.42 Å². The molecule has 6 nitrogen and oxygen atoms in total. The summed E-state index contributed by atoms with van der Waals surface area (Å²) in [6.07, 6.45) is 4.36. The average molecular weight is 368 g/mol. The maximum Gasteiger partial charge on any atom is 0.194 e. The molecule has 1 N–H and O–H groups in total. The Morgan fingerprint density at radius 3 is 2.81 bits per heavy atom. The molecular weight excluding hydrogens is 340 g/mol. The Morgan fingerprint density at radius 2 is 2.11 bits per heavy atom. The Balaban J connectivity index is 1.58. The highest BCUT2D eigenvalue weighted by Gasteiger charge is 2.20. The van der Waals surface area contributed by atoms with Crippen LogP contribution in [-0.4, -0.2) is 57.2 Å². The molecule has 1 fully saturated rings. The summed E-state index contributed by atoms with van der Waals surface area (Å²) in [4.78, 5) is 9.46. The smallest absolute Gasteiger partial charge is 0.194 e. The van der Waals surface area contributed by atoms with E-state index in [1.165, 1.54) is 5.69 Å². The maximum atomic E-state index is 5.39. The molecule has 0 saturated carbocycles. The van der Waals surface area contributed by atoms with Crippen LogP contribution in [0.15, 0.2) is 64.7 Å². The molecule has 2 aromatic rings. The summed E-state index contributed by atoms with van der Waals surface area (Å²) in [5.41, 5.74) is 1.20. The van der Waals surface area contributed by atoms with Gasteiger partial charge in [-0.25, -0.2) is 0 Å². The summed E-state index contributed by atoms with van der Waals surface area (Å²) < 4.78 is 10.7. The van der Waals surface area contributed by atoms with Gasteiger partial charge in [0.15, 0.2) is 5.96 Å². The van der Waals surface area contributed by atoms with Crippen LogP contribution in [0.3, 0.4) is 0 Å². The van der Waals surface area contributed by atoms with Gasteiger partial charge in [0, 0.05) is 57.4 Å². The number of anilines is 1. The minimum atomic E-state index is 0.698. The van der Waals surface area contributed by atoms with Crippen molar-refractivity contribution in [2.45, 2.75) is 6.42 Å². The largest absolute Gasteiger partial charge is 0.497 e. The predicted octanol–water partition coefficient (Wildman–Crippen LogP) is 2.78. The van der Waals surface area contributed by atoms with Gasteiger partial charge in [-0.3, -0.25) is 4.99 Å². The van der Waals surface area contributed by atoms with E-state index in [1.807, 2.05) is 30.3 Å². The Kier molecular flexibility index (Phi) is 6.79. The van der Waals surface area contributed by atoms with Crippen LogP contribution in [0.5, 0.6) is 5.75 Å². The average Bonchev–Trinajstić information content (AvgIpc) is 3.24. The molecule has 6 heteroatoms. The van der Waals surface area contributed by atoms with Gasteiger partial charge >= 0.3 is 0 Å². The number of guanidine groups is 1.